The largest absolute Gasteiger partial charge is 0.428 e. The molecule has 35 heavy (non-hydrogen) atoms. The first-order chi connectivity index (χ1) is 16.5. The minimum Gasteiger partial charge on any atom is -0.428 e. The second-order valence-electron chi connectivity index (χ2n) is 8.58. The van der Waals surface area contributed by atoms with Crippen LogP contribution in [0.3, 0.4) is 0 Å². The van der Waals surface area contributed by atoms with E-state index in [-0.39, 0.29) is 22.7 Å². The lowest BCUT2D eigenvalue weighted by molar-refractivity contribution is -0.155. The number of amides is 1. The first kappa shape index (κ1) is 24.5. The van der Waals surface area contributed by atoms with Crippen molar-refractivity contribution in [2.45, 2.75) is 44.8 Å². The lowest BCUT2D eigenvalue weighted by Crippen LogP contribution is -2.44. The van der Waals surface area contributed by atoms with E-state index in [0.29, 0.717) is 5.39 Å². The molecule has 1 fully saturated rings. The van der Waals surface area contributed by atoms with Crippen molar-refractivity contribution in [3.63, 3.8) is 0 Å². The van der Waals surface area contributed by atoms with Crippen LogP contribution < -0.4 is 16.2 Å². The predicted molar refractivity (Wildman–Crippen MR) is 121 cm³/mol. The minimum absolute atomic E-state index is 0.000248. The Morgan fingerprint density at radius 2 is 2.11 bits per heavy atom. The summed E-state index contributed by atoms with van der Waals surface area (Å²) in [5, 5.41) is 36.6. The Morgan fingerprint density at radius 3 is 2.77 bits per heavy atom. The zero-order chi connectivity index (χ0) is 25.5. The fraction of sp³-hybridized carbons (Fsp3) is 0.476. The van der Waals surface area contributed by atoms with Crippen LogP contribution in [-0.4, -0.2) is 74.5 Å². The van der Waals surface area contributed by atoms with Gasteiger partial charge in [-0.1, -0.05) is 13.8 Å². The zero-order valence-corrected chi connectivity index (χ0v) is 19.1. The van der Waals surface area contributed by atoms with Crippen LogP contribution in [0.15, 0.2) is 22.1 Å². The fourth-order valence-electron chi connectivity index (χ4n) is 3.87. The third-order valence-corrected chi connectivity index (χ3v) is 5.70. The number of carbonyl (C=O) groups is 2. The van der Waals surface area contributed by atoms with E-state index in [9.17, 15) is 29.7 Å². The number of ether oxygens (including phenoxy) is 3. The van der Waals surface area contributed by atoms with E-state index in [2.05, 4.69) is 20.6 Å². The molecule has 14 nitrogen and oxygen atoms in total. The maximum atomic E-state index is 12.4. The lowest BCUT2D eigenvalue weighted by Gasteiger charge is -2.28. The van der Waals surface area contributed by atoms with E-state index in [1.807, 2.05) is 0 Å². The molecule has 0 saturated carbocycles. The standard InChI is InChI=1S/C21H25N5O9/c1-9(2)18(30)33-8-34-20(31)24-11-4-13(28)25-16-14-10(11)5-26(17(14)23-7-22-16)19-21(3,32)15(29)12(6-27)35-19/h4-5,7,9,12,15,19,27,29,32H,6,8H2,1-3H3,(H,24,31)(H,22,23,25,28)/t12-,15-,19-,21-/m1/s1. The summed E-state index contributed by atoms with van der Waals surface area (Å²) in [6.45, 7) is 3.44. The SMILES string of the molecule is CC(C)C(=O)OCOC(=O)Nc1cc(=O)nc2c3c(n([C@@H]4O[C@H](CO)[C@@H](O)[C@@]4(C)O)cc13)N=CN2. The van der Waals surface area contributed by atoms with Crippen LogP contribution in [0.1, 0.15) is 27.0 Å². The number of nitrogens with zero attached hydrogens (tertiary/aromatic N) is 3. The summed E-state index contributed by atoms with van der Waals surface area (Å²) in [5.74, 6) is -0.604. The van der Waals surface area contributed by atoms with Gasteiger partial charge in [0.15, 0.2) is 6.23 Å². The number of rotatable bonds is 6. The number of aliphatic hydroxyl groups is 3. The Balaban J connectivity index is 1.73. The monoisotopic (exact) mass is 491 g/mol. The number of aromatic nitrogens is 2. The van der Waals surface area contributed by atoms with Crippen LogP contribution in [-0.2, 0) is 19.0 Å². The Morgan fingerprint density at radius 1 is 1.37 bits per heavy atom. The van der Waals surface area contributed by atoms with Gasteiger partial charge in [0.1, 0.15) is 29.4 Å². The highest BCUT2D eigenvalue weighted by molar-refractivity contribution is 6.12. The van der Waals surface area contributed by atoms with Crippen LogP contribution in [0.2, 0.25) is 0 Å². The Kier molecular flexibility index (Phi) is 6.46. The Labute approximate surface area is 198 Å². The molecule has 2 aliphatic rings. The van der Waals surface area contributed by atoms with Gasteiger partial charge in [-0.25, -0.2) is 9.79 Å². The number of nitrogens with one attached hydrogen (secondary N) is 2. The van der Waals surface area contributed by atoms with Gasteiger partial charge in [-0.15, -0.1) is 0 Å². The summed E-state index contributed by atoms with van der Waals surface area (Å²) < 4.78 is 16.8. The minimum atomic E-state index is -1.81. The van der Waals surface area contributed by atoms with Crippen molar-refractivity contribution >= 4 is 46.5 Å². The van der Waals surface area contributed by atoms with Gasteiger partial charge in [0.05, 0.1) is 29.9 Å². The van der Waals surface area contributed by atoms with Crippen molar-refractivity contribution in [3.05, 3.63) is 22.6 Å². The van der Waals surface area contributed by atoms with Gasteiger partial charge < -0.3 is 39.4 Å². The number of hydrogen-bond acceptors (Lipinski definition) is 12. The van der Waals surface area contributed by atoms with Crippen molar-refractivity contribution in [2.24, 2.45) is 10.9 Å². The van der Waals surface area contributed by atoms with Crippen molar-refractivity contribution in [1.82, 2.24) is 9.55 Å². The number of aliphatic imine (C=N–C) groups is 1. The summed E-state index contributed by atoms with van der Waals surface area (Å²) in [4.78, 5) is 44.5. The van der Waals surface area contributed by atoms with Gasteiger partial charge >= 0.3 is 12.1 Å². The Bertz CT molecular complexity index is 1260. The third-order valence-electron chi connectivity index (χ3n) is 5.70. The molecule has 4 rings (SSSR count). The summed E-state index contributed by atoms with van der Waals surface area (Å²) in [6, 6.07) is 1.06. The molecule has 1 saturated heterocycles. The van der Waals surface area contributed by atoms with Gasteiger partial charge in [-0.05, 0) is 6.92 Å². The molecule has 0 aliphatic carbocycles. The zero-order valence-electron chi connectivity index (χ0n) is 19.1. The van der Waals surface area contributed by atoms with E-state index in [1.54, 1.807) is 13.8 Å². The quantitative estimate of drug-likeness (QED) is 0.273. The molecule has 188 valence electrons. The van der Waals surface area contributed by atoms with E-state index in [4.69, 9.17) is 14.2 Å². The molecule has 14 heteroatoms. The van der Waals surface area contributed by atoms with Crippen LogP contribution in [0.25, 0.3) is 10.8 Å². The van der Waals surface area contributed by atoms with E-state index < -0.39 is 61.0 Å². The van der Waals surface area contributed by atoms with E-state index >= 15 is 0 Å². The molecule has 5 N–H and O–H groups in total. The molecule has 2 aliphatic heterocycles. The molecule has 0 unspecified atom stereocenters. The molecule has 2 aromatic rings. The molecule has 1 amide bonds. The molecule has 0 bridgehead atoms. The number of aliphatic hydroxyl groups excluding tert-OH is 2. The molecule has 0 aromatic carbocycles. The van der Waals surface area contributed by atoms with Crippen LogP contribution in [0.5, 0.6) is 0 Å². The second-order valence-corrected chi connectivity index (χ2v) is 8.58. The average Bonchev–Trinajstić information content (AvgIpc) is 3.23. The molecular weight excluding hydrogens is 466 g/mol. The smallest absolute Gasteiger partial charge is 0.414 e. The summed E-state index contributed by atoms with van der Waals surface area (Å²) in [6.07, 6.45) is -1.89. The van der Waals surface area contributed by atoms with Crippen LogP contribution in [0, 0.1) is 5.92 Å². The maximum Gasteiger partial charge on any atom is 0.414 e. The average molecular weight is 491 g/mol. The van der Waals surface area contributed by atoms with Crippen molar-refractivity contribution in [2.75, 3.05) is 24.0 Å². The van der Waals surface area contributed by atoms with Gasteiger partial charge in [0.25, 0.3) is 5.56 Å². The van der Waals surface area contributed by atoms with Crippen LogP contribution >= 0.6 is 0 Å². The van der Waals surface area contributed by atoms with Gasteiger partial charge in [-0.2, -0.15) is 4.98 Å². The summed E-state index contributed by atoms with van der Waals surface area (Å²) in [5.41, 5.74) is -2.50. The molecule has 2 aromatic heterocycles. The van der Waals surface area contributed by atoms with Gasteiger partial charge in [0, 0.05) is 17.6 Å². The topological polar surface area (TPSA) is 194 Å². The van der Waals surface area contributed by atoms with Crippen molar-refractivity contribution < 1.29 is 39.1 Å². The molecular formula is C21H25N5O9. The highest BCUT2D eigenvalue weighted by Gasteiger charge is 2.53. The number of hydrogen-bond donors (Lipinski definition) is 5. The predicted octanol–water partition coefficient (Wildman–Crippen LogP) is 0.189. The van der Waals surface area contributed by atoms with Gasteiger partial charge in [0.2, 0.25) is 6.79 Å². The fourth-order valence-corrected chi connectivity index (χ4v) is 3.87. The van der Waals surface area contributed by atoms with Crippen molar-refractivity contribution in [1.29, 1.82) is 0 Å². The van der Waals surface area contributed by atoms with E-state index in [1.165, 1.54) is 24.0 Å². The lowest BCUT2D eigenvalue weighted by atomic mass is 9.96. The molecule has 0 radical (unpaired) electrons. The normalized spacial score (nSPS) is 24.9. The highest BCUT2D eigenvalue weighted by atomic mass is 16.7. The molecule has 0 spiro atoms. The number of carbonyl (C=O) groups excluding carboxylic acids is 2. The first-order valence-corrected chi connectivity index (χ1v) is 10.7. The second kappa shape index (κ2) is 9.22. The van der Waals surface area contributed by atoms with Crippen molar-refractivity contribution in [3.8, 4) is 0 Å². The highest BCUT2D eigenvalue weighted by Crippen LogP contribution is 2.45. The van der Waals surface area contributed by atoms with Gasteiger partial charge in [-0.3, -0.25) is 14.9 Å². The summed E-state index contributed by atoms with van der Waals surface area (Å²) >= 11 is 0. The number of esters is 1. The van der Waals surface area contributed by atoms with E-state index in [0.717, 1.165) is 6.07 Å². The van der Waals surface area contributed by atoms with Crippen LogP contribution in [0.4, 0.5) is 22.1 Å². The third kappa shape index (κ3) is 4.43. The summed E-state index contributed by atoms with van der Waals surface area (Å²) in [7, 11) is 0. The molecule has 4 heterocycles. The number of anilines is 2. The molecule has 4 atom stereocenters. The Hall–Kier alpha value is -3.59. The first-order valence-electron chi connectivity index (χ1n) is 10.7. The maximum absolute atomic E-state index is 12.4.